The van der Waals surface area contributed by atoms with Crippen LogP contribution in [-0.4, -0.2) is 20.4 Å². The Hall–Kier alpha value is -3.80. The molecule has 0 saturated heterocycles. The lowest BCUT2D eigenvalue weighted by molar-refractivity contribution is -0.116. The fraction of sp³-hybridized carbons (Fsp3) is 0.0870. The van der Waals surface area contributed by atoms with Crippen LogP contribution in [0.3, 0.4) is 0 Å². The van der Waals surface area contributed by atoms with E-state index >= 15 is 0 Å². The summed E-state index contributed by atoms with van der Waals surface area (Å²) in [4.78, 5) is 22.0. The molecule has 2 aromatic heterocycles. The molecule has 3 aromatic carbocycles. The van der Waals surface area contributed by atoms with E-state index in [1.165, 1.54) is 6.07 Å². The van der Waals surface area contributed by atoms with Gasteiger partial charge in [-0.3, -0.25) is 4.79 Å². The fourth-order valence-corrected chi connectivity index (χ4v) is 3.60. The number of aromatic nitrogens is 3. The molecule has 0 unspecified atom stereocenters. The number of anilines is 1. The summed E-state index contributed by atoms with van der Waals surface area (Å²) >= 11 is 0. The van der Waals surface area contributed by atoms with Crippen molar-refractivity contribution in [3.63, 3.8) is 0 Å². The molecule has 6 heteroatoms. The zero-order chi connectivity index (χ0) is 19.8. The maximum Gasteiger partial charge on any atom is 0.226 e. The quantitative estimate of drug-likeness (QED) is 0.479. The van der Waals surface area contributed by atoms with Crippen LogP contribution in [0.2, 0.25) is 0 Å². The van der Waals surface area contributed by atoms with Crippen molar-refractivity contribution < 1.29 is 9.18 Å². The van der Waals surface area contributed by atoms with Gasteiger partial charge in [-0.2, -0.15) is 0 Å². The zero-order valence-electron chi connectivity index (χ0n) is 15.5. The zero-order valence-corrected chi connectivity index (χ0v) is 15.5. The van der Waals surface area contributed by atoms with Crippen LogP contribution in [0.1, 0.15) is 6.42 Å². The Balaban J connectivity index is 1.52. The third-order valence-electron chi connectivity index (χ3n) is 4.97. The molecule has 1 amide bonds. The number of nitrogens with zero attached hydrogens (tertiary/aromatic N) is 3. The lowest BCUT2D eigenvalue weighted by atomic mass is 10.2. The molecule has 5 aromatic rings. The molecule has 0 aliphatic rings. The van der Waals surface area contributed by atoms with Crippen LogP contribution in [0.15, 0.2) is 72.8 Å². The molecule has 142 valence electrons. The minimum absolute atomic E-state index is 0.186. The smallest absolute Gasteiger partial charge is 0.226 e. The molecule has 0 radical (unpaired) electrons. The molecule has 0 bridgehead atoms. The van der Waals surface area contributed by atoms with Crippen LogP contribution in [0.5, 0.6) is 0 Å². The molecule has 1 N–H and O–H groups in total. The summed E-state index contributed by atoms with van der Waals surface area (Å²) < 4.78 is 15.8. The standard InChI is InChI=1S/C23H17FN4O/c24-16-8-2-3-9-17(16)25-21(29)13-14-28-20-12-6-1-7-15(20)22-23(28)27-19-11-5-4-10-18(19)26-22/h1-12H,13-14H2,(H,25,29). The number of aryl methyl sites for hydroxylation is 1. The lowest BCUT2D eigenvalue weighted by Gasteiger charge is -2.09. The maximum atomic E-state index is 13.8. The number of carbonyl (C=O) groups is 1. The topological polar surface area (TPSA) is 59.8 Å². The van der Waals surface area contributed by atoms with E-state index in [4.69, 9.17) is 9.97 Å². The normalized spacial score (nSPS) is 11.3. The number of hydrogen-bond acceptors (Lipinski definition) is 3. The number of carbonyl (C=O) groups excluding carboxylic acids is 1. The Bertz CT molecular complexity index is 1380. The van der Waals surface area contributed by atoms with Gasteiger partial charge < -0.3 is 9.88 Å². The number of para-hydroxylation sites is 4. The van der Waals surface area contributed by atoms with E-state index in [2.05, 4.69) is 5.32 Å². The Labute approximate surface area is 165 Å². The Morgan fingerprint density at radius 1 is 0.897 bits per heavy atom. The second kappa shape index (κ2) is 6.98. The van der Waals surface area contributed by atoms with Gasteiger partial charge >= 0.3 is 0 Å². The molecule has 0 aliphatic carbocycles. The average molecular weight is 384 g/mol. The van der Waals surface area contributed by atoms with Gasteiger partial charge in [0.15, 0.2) is 5.65 Å². The number of rotatable bonds is 4. The molecule has 5 nitrogen and oxygen atoms in total. The summed E-state index contributed by atoms with van der Waals surface area (Å²) in [6.45, 7) is 0.414. The van der Waals surface area contributed by atoms with Gasteiger partial charge in [0.1, 0.15) is 11.3 Å². The second-order valence-electron chi connectivity index (χ2n) is 6.83. The van der Waals surface area contributed by atoms with Gasteiger partial charge in [-0.1, -0.05) is 42.5 Å². The van der Waals surface area contributed by atoms with Crippen molar-refractivity contribution in [2.45, 2.75) is 13.0 Å². The number of amides is 1. The molecule has 29 heavy (non-hydrogen) atoms. The van der Waals surface area contributed by atoms with E-state index in [0.717, 1.165) is 33.1 Å². The van der Waals surface area contributed by atoms with Crippen molar-refractivity contribution >= 4 is 44.7 Å². The second-order valence-corrected chi connectivity index (χ2v) is 6.83. The molecule has 2 heterocycles. The van der Waals surface area contributed by atoms with E-state index in [9.17, 15) is 9.18 Å². The fourth-order valence-electron chi connectivity index (χ4n) is 3.60. The van der Waals surface area contributed by atoms with Crippen molar-refractivity contribution in [2.24, 2.45) is 0 Å². The number of nitrogens with one attached hydrogen (secondary N) is 1. The van der Waals surface area contributed by atoms with Crippen LogP contribution >= 0.6 is 0 Å². The van der Waals surface area contributed by atoms with Crippen molar-refractivity contribution in [1.82, 2.24) is 14.5 Å². The van der Waals surface area contributed by atoms with E-state index in [0.29, 0.717) is 6.54 Å². The highest BCUT2D eigenvalue weighted by atomic mass is 19.1. The van der Waals surface area contributed by atoms with Gasteiger partial charge in [0, 0.05) is 18.4 Å². The molecular formula is C23H17FN4O. The van der Waals surface area contributed by atoms with Crippen LogP contribution in [0.4, 0.5) is 10.1 Å². The van der Waals surface area contributed by atoms with Crippen LogP contribution in [0.25, 0.3) is 33.1 Å². The summed E-state index contributed by atoms with van der Waals surface area (Å²) in [5, 5.41) is 3.63. The Kier molecular flexibility index (Phi) is 4.17. The van der Waals surface area contributed by atoms with Crippen molar-refractivity contribution in [3.05, 3.63) is 78.6 Å². The number of benzene rings is 3. The third-order valence-corrected chi connectivity index (χ3v) is 4.97. The number of fused-ring (bicyclic) bond motifs is 4. The van der Waals surface area contributed by atoms with Gasteiger partial charge in [-0.05, 0) is 30.3 Å². The first kappa shape index (κ1) is 17.3. The van der Waals surface area contributed by atoms with Crippen molar-refractivity contribution in [3.8, 4) is 0 Å². The minimum Gasteiger partial charge on any atom is -0.324 e. The summed E-state index contributed by atoms with van der Waals surface area (Å²) in [5.74, 6) is -0.704. The average Bonchev–Trinajstić information content (AvgIpc) is 3.05. The largest absolute Gasteiger partial charge is 0.324 e. The van der Waals surface area contributed by atoms with Crippen LogP contribution in [-0.2, 0) is 11.3 Å². The molecule has 0 atom stereocenters. The highest BCUT2D eigenvalue weighted by Crippen LogP contribution is 2.28. The molecule has 0 saturated carbocycles. The van der Waals surface area contributed by atoms with Gasteiger partial charge in [-0.25, -0.2) is 14.4 Å². The first-order valence-electron chi connectivity index (χ1n) is 9.39. The number of hydrogen-bond donors (Lipinski definition) is 1. The summed E-state index contributed by atoms with van der Waals surface area (Å²) in [5.41, 5.74) is 4.35. The summed E-state index contributed by atoms with van der Waals surface area (Å²) in [6.07, 6.45) is 0.191. The van der Waals surface area contributed by atoms with E-state index in [1.54, 1.807) is 18.2 Å². The molecule has 0 aliphatic heterocycles. The molecule has 0 spiro atoms. The maximum absolute atomic E-state index is 13.8. The van der Waals surface area contributed by atoms with Crippen LogP contribution in [0, 0.1) is 5.82 Å². The molecule has 5 rings (SSSR count). The first-order chi connectivity index (χ1) is 14.2. The van der Waals surface area contributed by atoms with Gasteiger partial charge in [-0.15, -0.1) is 0 Å². The number of halogens is 1. The van der Waals surface area contributed by atoms with Crippen molar-refractivity contribution in [1.29, 1.82) is 0 Å². The Morgan fingerprint density at radius 2 is 1.59 bits per heavy atom. The predicted molar refractivity (Wildman–Crippen MR) is 112 cm³/mol. The molecular weight excluding hydrogens is 367 g/mol. The third kappa shape index (κ3) is 3.08. The lowest BCUT2D eigenvalue weighted by Crippen LogP contribution is -2.15. The monoisotopic (exact) mass is 384 g/mol. The minimum atomic E-state index is -0.449. The van der Waals surface area contributed by atoms with Gasteiger partial charge in [0.05, 0.1) is 22.2 Å². The van der Waals surface area contributed by atoms with Gasteiger partial charge in [0.2, 0.25) is 5.91 Å². The highest BCUT2D eigenvalue weighted by Gasteiger charge is 2.15. The molecule has 0 fully saturated rings. The first-order valence-corrected chi connectivity index (χ1v) is 9.39. The van der Waals surface area contributed by atoms with E-state index in [-0.39, 0.29) is 18.0 Å². The van der Waals surface area contributed by atoms with Crippen LogP contribution < -0.4 is 5.32 Å². The predicted octanol–water partition coefficient (Wildman–Crippen LogP) is 4.91. The Morgan fingerprint density at radius 3 is 2.41 bits per heavy atom. The van der Waals surface area contributed by atoms with E-state index in [1.807, 2.05) is 53.1 Å². The van der Waals surface area contributed by atoms with Crippen molar-refractivity contribution in [2.75, 3.05) is 5.32 Å². The summed E-state index contributed by atoms with van der Waals surface area (Å²) in [6, 6.07) is 21.8. The van der Waals surface area contributed by atoms with E-state index < -0.39 is 5.82 Å². The SMILES string of the molecule is O=C(CCn1c2ccccc2c2nc3ccccc3nc21)Nc1ccccc1F. The summed E-state index contributed by atoms with van der Waals surface area (Å²) in [7, 11) is 0. The van der Waals surface area contributed by atoms with Gasteiger partial charge in [0.25, 0.3) is 0 Å². The highest BCUT2D eigenvalue weighted by molar-refractivity contribution is 6.06.